The summed E-state index contributed by atoms with van der Waals surface area (Å²) < 4.78 is 24.2. The lowest BCUT2D eigenvalue weighted by atomic mass is 10.1. The fourth-order valence-corrected chi connectivity index (χ4v) is 4.04. The van der Waals surface area contributed by atoms with Crippen LogP contribution in [0, 0.1) is 5.92 Å². The summed E-state index contributed by atoms with van der Waals surface area (Å²) in [5.41, 5.74) is 5.65. The molecule has 21 heavy (non-hydrogen) atoms. The molecule has 0 bridgehead atoms. The van der Waals surface area contributed by atoms with Crippen molar-refractivity contribution in [3.8, 4) is 0 Å². The number of nitrogens with two attached hydrogens (primary N) is 1. The molecule has 8 heteroatoms. The van der Waals surface area contributed by atoms with E-state index in [1.165, 1.54) is 6.07 Å². The van der Waals surface area contributed by atoms with Crippen molar-refractivity contribution in [2.45, 2.75) is 30.6 Å². The van der Waals surface area contributed by atoms with Gasteiger partial charge in [0.1, 0.15) is 4.21 Å². The van der Waals surface area contributed by atoms with Gasteiger partial charge in [0.05, 0.1) is 18.4 Å². The number of hydrogen-bond acceptors (Lipinski definition) is 5. The normalized spacial score (nSPS) is 14.4. The zero-order chi connectivity index (χ0) is 15.9. The van der Waals surface area contributed by atoms with Gasteiger partial charge in [-0.3, -0.25) is 4.99 Å². The first-order valence-electron chi connectivity index (χ1n) is 6.79. The highest BCUT2D eigenvalue weighted by atomic mass is 32.2. The minimum absolute atomic E-state index is 0.0366. The van der Waals surface area contributed by atoms with E-state index < -0.39 is 15.9 Å². The predicted molar refractivity (Wildman–Crippen MR) is 86.3 cm³/mol. The zero-order valence-corrected chi connectivity index (χ0v) is 14.0. The average Bonchev–Trinajstić information content (AvgIpc) is 2.90. The molecule has 0 saturated heterocycles. The standard InChI is InChI=1S/C13H23N3O3S2/c1-10(2)5-6-15-13(14)16-8-11(17)9-21(18,19)12-4-3-7-20-12/h3-4,7,10-11,17H,5-6,8-9H2,1-2H3,(H3,14,15,16). The maximum absolute atomic E-state index is 12.0. The van der Waals surface area contributed by atoms with E-state index in [0.717, 1.165) is 17.8 Å². The van der Waals surface area contributed by atoms with Crippen LogP contribution >= 0.6 is 11.3 Å². The van der Waals surface area contributed by atoms with Gasteiger partial charge in [-0.15, -0.1) is 11.3 Å². The molecule has 1 aromatic heterocycles. The van der Waals surface area contributed by atoms with Crippen molar-refractivity contribution in [3.63, 3.8) is 0 Å². The first-order valence-corrected chi connectivity index (χ1v) is 9.32. The van der Waals surface area contributed by atoms with Crippen molar-refractivity contribution in [1.82, 2.24) is 5.32 Å². The number of aliphatic hydroxyl groups is 1. The van der Waals surface area contributed by atoms with E-state index in [-0.39, 0.29) is 22.5 Å². The number of thiophene rings is 1. The van der Waals surface area contributed by atoms with Crippen molar-refractivity contribution in [3.05, 3.63) is 17.5 Å². The third-order valence-corrected chi connectivity index (χ3v) is 6.00. The Morgan fingerprint density at radius 3 is 2.81 bits per heavy atom. The highest BCUT2D eigenvalue weighted by molar-refractivity contribution is 7.93. The number of hydrogen-bond donors (Lipinski definition) is 3. The molecule has 0 aliphatic heterocycles. The number of aliphatic imine (C=N–C) groups is 1. The number of guanidine groups is 1. The van der Waals surface area contributed by atoms with Crippen molar-refractivity contribution >= 4 is 27.1 Å². The fourth-order valence-electron chi connectivity index (χ4n) is 1.58. The van der Waals surface area contributed by atoms with Crippen molar-refractivity contribution in [2.75, 3.05) is 18.8 Å². The Morgan fingerprint density at radius 2 is 2.24 bits per heavy atom. The molecule has 0 aliphatic carbocycles. The Labute approximate surface area is 130 Å². The van der Waals surface area contributed by atoms with Gasteiger partial charge < -0.3 is 16.2 Å². The third-order valence-electron chi connectivity index (χ3n) is 2.71. The van der Waals surface area contributed by atoms with Gasteiger partial charge in [-0.05, 0) is 23.8 Å². The van der Waals surface area contributed by atoms with Gasteiger partial charge in [-0.1, -0.05) is 19.9 Å². The molecule has 0 fully saturated rings. The van der Waals surface area contributed by atoms with E-state index in [1.807, 2.05) is 0 Å². The third kappa shape index (κ3) is 6.92. The smallest absolute Gasteiger partial charge is 0.190 e. The molecule has 0 saturated carbocycles. The van der Waals surface area contributed by atoms with Crippen LogP contribution in [0.5, 0.6) is 0 Å². The van der Waals surface area contributed by atoms with Crippen LogP contribution in [0.4, 0.5) is 0 Å². The van der Waals surface area contributed by atoms with Crippen molar-refractivity contribution in [1.29, 1.82) is 0 Å². The van der Waals surface area contributed by atoms with Gasteiger partial charge >= 0.3 is 0 Å². The Bertz CT molecular complexity index is 539. The van der Waals surface area contributed by atoms with E-state index in [2.05, 4.69) is 24.2 Å². The predicted octanol–water partition coefficient (Wildman–Crippen LogP) is 0.833. The SMILES string of the molecule is CC(C)CCNC(N)=NCC(O)CS(=O)(=O)c1cccs1. The van der Waals surface area contributed by atoms with Gasteiger partial charge in [-0.25, -0.2) is 8.42 Å². The van der Waals surface area contributed by atoms with E-state index >= 15 is 0 Å². The molecule has 0 aromatic carbocycles. The maximum Gasteiger partial charge on any atom is 0.190 e. The Morgan fingerprint density at radius 1 is 1.52 bits per heavy atom. The van der Waals surface area contributed by atoms with Gasteiger partial charge in [-0.2, -0.15) is 0 Å². The molecule has 120 valence electrons. The second kappa shape index (κ2) is 8.35. The number of nitrogens with zero attached hydrogens (tertiary/aromatic N) is 1. The van der Waals surface area contributed by atoms with Crippen LogP contribution in [0.2, 0.25) is 0 Å². The number of rotatable bonds is 8. The largest absolute Gasteiger partial charge is 0.390 e. The lowest BCUT2D eigenvalue weighted by molar-refractivity contribution is 0.206. The molecule has 1 atom stereocenters. The van der Waals surface area contributed by atoms with Crippen LogP contribution in [-0.4, -0.2) is 44.4 Å². The monoisotopic (exact) mass is 333 g/mol. The summed E-state index contributed by atoms with van der Waals surface area (Å²) in [6.07, 6.45) is -0.103. The summed E-state index contributed by atoms with van der Waals surface area (Å²) in [4.78, 5) is 3.96. The summed E-state index contributed by atoms with van der Waals surface area (Å²) in [6.45, 7) is 4.88. The molecule has 1 aromatic rings. The fraction of sp³-hybridized carbons (Fsp3) is 0.615. The van der Waals surface area contributed by atoms with Crippen LogP contribution < -0.4 is 11.1 Å². The maximum atomic E-state index is 12.0. The Hall–Kier alpha value is -1.12. The number of sulfone groups is 1. The van der Waals surface area contributed by atoms with Crippen LogP contribution in [0.15, 0.2) is 26.7 Å². The minimum Gasteiger partial charge on any atom is -0.390 e. The second-order valence-corrected chi connectivity index (χ2v) is 8.41. The molecule has 0 amide bonds. The van der Waals surface area contributed by atoms with E-state index in [9.17, 15) is 13.5 Å². The van der Waals surface area contributed by atoms with Crippen LogP contribution in [0.3, 0.4) is 0 Å². The van der Waals surface area contributed by atoms with Crippen LogP contribution in [0.1, 0.15) is 20.3 Å². The summed E-state index contributed by atoms with van der Waals surface area (Å²) >= 11 is 1.14. The molecule has 1 heterocycles. The summed E-state index contributed by atoms with van der Waals surface area (Å²) in [5.74, 6) is 0.436. The summed E-state index contributed by atoms with van der Waals surface area (Å²) in [5, 5.41) is 14.4. The summed E-state index contributed by atoms with van der Waals surface area (Å²) in [7, 11) is -3.45. The highest BCUT2D eigenvalue weighted by Crippen LogP contribution is 2.18. The molecule has 1 unspecified atom stereocenters. The van der Waals surface area contributed by atoms with Gasteiger partial charge in [0, 0.05) is 6.54 Å². The molecule has 0 radical (unpaired) electrons. The summed E-state index contributed by atoms with van der Waals surface area (Å²) in [6, 6.07) is 3.19. The molecule has 0 aliphatic rings. The Balaban J connectivity index is 2.41. The van der Waals surface area contributed by atoms with Crippen LogP contribution in [0.25, 0.3) is 0 Å². The molecule has 4 N–H and O–H groups in total. The van der Waals surface area contributed by atoms with Crippen LogP contribution in [-0.2, 0) is 9.84 Å². The average molecular weight is 333 g/mol. The molecule has 1 rings (SSSR count). The first-order chi connectivity index (χ1) is 9.81. The zero-order valence-electron chi connectivity index (χ0n) is 12.3. The lowest BCUT2D eigenvalue weighted by Gasteiger charge is -2.10. The quantitative estimate of drug-likeness (QED) is 0.483. The molecule has 6 nitrogen and oxygen atoms in total. The van der Waals surface area contributed by atoms with Crippen molar-refractivity contribution < 1.29 is 13.5 Å². The highest BCUT2D eigenvalue weighted by Gasteiger charge is 2.20. The second-order valence-electron chi connectivity index (χ2n) is 5.20. The molecular weight excluding hydrogens is 310 g/mol. The van der Waals surface area contributed by atoms with Crippen molar-refractivity contribution in [2.24, 2.45) is 16.6 Å². The van der Waals surface area contributed by atoms with Gasteiger partial charge in [0.25, 0.3) is 0 Å². The van der Waals surface area contributed by atoms with E-state index in [4.69, 9.17) is 5.73 Å². The topological polar surface area (TPSA) is 105 Å². The van der Waals surface area contributed by atoms with Gasteiger partial charge in [0.15, 0.2) is 15.8 Å². The molecular formula is C13H23N3O3S2. The number of nitrogens with one attached hydrogen (secondary N) is 1. The first kappa shape index (κ1) is 17.9. The van der Waals surface area contributed by atoms with E-state index in [1.54, 1.807) is 11.4 Å². The molecule has 0 spiro atoms. The number of aliphatic hydroxyl groups excluding tert-OH is 1. The van der Waals surface area contributed by atoms with Gasteiger partial charge in [0.2, 0.25) is 0 Å². The lowest BCUT2D eigenvalue weighted by Crippen LogP contribution is -2.34. The minimum atomic E-state index is -3.45. The Kier molecular flexibility index (Phi) is 7.13. The van der Waals surface area contributed by atoms with E-state index in [0.29, 0.717) is 12.5 Å².